The number of anilines is 1. The molecule has 0 aromatic carbocycles. The van der Waals surface area contributed by atoms with Gasteiger partial charge in [-0.05, 0) is 24.3 Å². The molecule has 2 aromatic heterocycles. The lowest BCUT2D eigenvalue weighted by molar-refractivity contribution is -0.129. The second kappa shape index (κ2) is 8.29. The van der Waals surface area contributed by atoms with Crippen molar-refractivity contribution < 1.29 is 4.79 Å². The van der Waals surface area contributed by atoms with E-state index in [0.29, 0.717) is 12.4 Å². The van der Waals surface area contributed by atoms with Crippen LogP contribution in [0.5, 0.6) is 0 Å². The molecule has 0 saturated heterocycles. The highest BCUT2D eigenvalue weighted by Crippen LogP contribution is 2.27. The zero-order valence-electron chi connectivity index (χ0n) is 14.7. The average molecular weight is 357 g/mol. The fourth-order valence-electron chi connectivity index (χ4n) is 2.86. The second-order valence-corrected chi connectivity index (χ2v) is 7.27. The summed E-state index contributed by atoms with van der Waals surface area (Å²) in [6.45, 7) is 5.89. The molecule has 0 aliphatic carbocycles. The fourth-order valence-corrected chi connectivity index (χ4v) is 3.39. The topological polar surface area (TPSA) is 71.0 Å². The lowest BCUT2D eigenvalue weighted by Crippen LogP contribution is -2.35. The Bertz CT molecular complexity index is 738. The van der Waals surface area contributed by atoms with Gasteiger partial charge in [-0.15, -0.1) is 0 Å². The molecule has 0 bridgehead atoms. The SMILES string of the molecule is CCSCCNc1nc(-c2cccnc2)nc2c1CCN(C(C)=O)C2. The van der Waals surface area contributed by atoms with Crippen molar-refractivity contribution in [1.29, 1.82) is 0 Å². The van der Waals surface area contributed by atoms with E-state index in [1.54, 1.807) is 19.3 Å². The van der Waals surface area contributed by atoms with Crippen LogP contribution in [0, 0.1) is 0 Å². The first-order valence-electron chi connectivity index (χ1n) is 8.56. The van der Waals surface area contributed by atoms with Crippen molar-refractivity contribution >= 4 is 23.5 Å². The highest BCUT2D eigenvalue weighted by Gasteiger charge is 2.24. The third kappa shape index (κ3) is 4.28. The van der Waals surface area contributed by atoms with Gasteiger partial charge in [0.1, 0.15) is 5.82 Å². The first kappa shape index (κ1) is 17.7. The van der Waals surface area contributed by atoms with Crippen LogP contribution in [0.4, 0.5) is 5.82 Å². The van der Waals surface area contributed by atoms with Crippen molar-refractivity contribution in [1.82, 2.24) is 19.9 Å². The maximum atomic E-state index is 11.7. The minimum Gasteiger partial charge on any atom is -0.369 e. The van der Waals surface area contributed by atoms with Gasteiger partial charge in [-0.1, -0.05) is 6.92 Å². The van der Waals surface area contributed by atoms with Gasteiger partial charge in [0, 0.05) is 49.3 Å². The first-order chi connectivity index (χ1) is 12.2. The molecule has 25 heavy (non-hydrogen) atoms. The molecular weight excluding hydrogens is 334 g/mol. The van der Waals surface area contributed by atoms with E-state index in [-0.39, 0.29) is 5.91 Å². The van der Waals surface area contributed by atoms with Crippen LogP contribution >= 0.6 is 11.8 Å². The van der Waals surface area contributed by atoms with Gasteiger partial charge in [-0.2, -0.15) is 11.8 Å². The van der Waals surface area contributed by atoms with E-state index >= 15 is 0 Å². The standard InChI is InChI=1S/C18H23N5OS/c1-3-25-10-8-20-18-15-6-9-23(13(2)24)12-16(15)21-17(22-18)14-5-4-7-19-11-14/h4-5,7,11H,3,6,8-10,12H2,1-2H3,(H,20,21,22). The van der Waals surface area contributed by atoms with Crippen molar-refractivity contribution in [2.24, 2.45) is 0 Å². The number of aromatic nitrogens is 3. The number of hydrogen-bond donors (Lipinski definition) is 1. The molecule has 1 aliphatic rings. The van der Waals surface area contributed by atoms with Crippen molar-refractivity contribution in [3.05, 3.63) is 35.8 Å². The molecule has 0 unspecified atom stereocenters. The van der Waals surface area contributed by atoms with Gasteiger partial charge in [0.2, 0.25) is 5.91 Å². The Morgan fingerprint density at radius 3 is 3.00 bits per heavy atom. The predicted molar refractivity (Wildman–Crippen MR) is 102 cm³/mol. The van der Waals surface area contributed by atoms with Gasteiger partial charge >= 0.3 is 0 Å². The summed E-state index contributed by atoms with van der Waals surface area (Å²) in [4.78, 5) is 27.2. The molecule has 0 radical (unpaired) electrons. The number of thioether (sulfide) groups is 1. The van der Waals surface area contributed by atoms with Gasteiger partial charge < -0.3 is 10.2 Å². The van der Waals surface area contributed by atoms with Crippen LogP contribution in [0.15, 0.2) is 24.5 Å². The van der Waals surface area contributed by atoms with Crippen molar-refractivity contribution in [3.8, 4) is 11.4 Å². The quantitative estimate of drug-likeness (QED) is 0.802. The number of hydrogen-bond acceptors (Lipinski definition) is 6. The van der Waals surface area contributed by atoms with E-state index in [1.165, 1.54) is 0 Å². The zero-order valence-corrected chi connectivity index (χ0v) is 15.5. The van der Waals surface area contributed by atoms with E-state index in [4.69, 9.17) is 9.97 Å². The van der Waals surface area contributed by atoms with E-state index in [1.807, 2.05) is 28.8 Å². The van der Waals surface area contributed by atoms with Crippen molar-refractivity contribution in [2.45, 2.75) is 26.8 Å². The lowest BCUT2D eigenvalue weighted by Gasteiger charge is -2.28. The van der Waals surface area contributed by atoms with Gasteiger partial charge in [0.05, 0.1) is 12.2 Å². The maximum absolute atomic E-state index is 11.7. The van der Waals surface area contributed by atoms with Crippen LogP contribution in [-0.4, -0.2) is 50.4 Å². The van der Waals surface area contributed by atoms with Gasteiger partial charge in [-0.3, -0.25) is 9.78 Å². The number of rotatable bonds is 6. The largest absolute Gasteiger partial charge is 0.369 e. The van der Waals surface area contributed by atoms with Crippen molar-refractivity contribution in [3.63, 3.8) is 0 Å². The van der Waals surface area contributed by atoms with E-state index in [9.17, 15) is 4.79 Å². The highest BCUT2D eigenvalue weighted by molar-refractivity contribution is 7.99. The summed E-state index contributed by atoms with van der Waals surface area (Å²) in [5.41, 5.74) is 2.95. The number of carbonyl (C=O) groups is 1. The predicted octanol–water partition coefficient (Wildman–Crippen LogP) is 2.61. The Balaban J connectivity index is 1.92. The molecule has 7 heteroatoms. The lowest BCUT2D eigenvalue weighted by atomic mass is 10.0. The van der Waals surface area contributed by atoms with E-state index in [0.717, 1.165) is 53.7 Å². The molecule has 0 spiro atoms. The Morgan fingerprint density at radius 1 is 1.40 bits per heavy atom. The number of fused-ring (bicyclic) bond motifs is 1. The molecule has 3 heterocycles. The van der Waals surface area contributed by atoms with Crippen LogP contribution in [0.3, 0.4) is 0 Å². The monoisotopic (exact) mass is 357 g/mol. The molecule has 0 atom stereocenters. The molecule has 1 aliphatic heterocycles. The molecule has 6 nitrogen and oxygen atoms in total. The van der Waals surface area contributed by atoms with Crippen LogP contribution in [0.1, 0.15) is 25.1 Å². The van der Waals surface area contributed by atoms with Crippen LogP contribution in [0.25, 0.3) is 11.4 Å². The molecular formula is C18H23N5OS. The summed E-state index contributed by atoms with van der Waals surface area (Å²) in [7, 11) is 0. The zero-order chi connectivity index (χ0) is 17.6. The fraction of sp³-hybridized carbons (Fsp3) is 0.444. The molecule has 1 amide bonds. The Morgan fingerprint density at radius 2 is 2.28 bits per heavy atom. The molecule has 1 N–H and O–H groups in total. The summed E-state index contributed by atoms with van der Waals surface area (Å²) >= 11 is 1.90. The Labute approximate surface area is 152 Å². The molecule has 0 fully saturated rings. The smallest absolute Gasteiger partial charge is 0.219 e. The third-order valence-corrected chi connectivity index (χ3v) is 5.07. The summed E-state index contributed by atoms with van der Waals surface area (Å²) in [6, 6.07) is 3.84. The number of pyridine rings is 1. The van der Waals surface area contributed by atoms with E-state index < -0.39 is 0 Å². The minimum atomic E-state index is 0.0843. The summed E-state index contributed by atoms with van der Waals surface area (Å²) < 4.78 is 0. The molecule has 0 saturated carbocycles. The van der Waals surface area contributed by atoms with Gasteiger partial charge in [0.25, 0.3) is 0 Å². The van der Waals surface area contributed by atoms with Crippen LogP contribution in [0.2, 0.25) is 0 Å². The Kier molecular flexibility index (Phi) is 5.86. The van der Waals surface area contributed by atoms with Crippen LogP contribution in [-0.2, 0) is 17.8 Å². The third-order valence-electron chi connectivity index (χ3n) is 4.17. The molecule has 3 rings (SSSR count). The average Bonchev–Trinajstić information content (AvgIpc) is 2.65. The first-order valence-corrected chi connectivity index (χ1v) is 9.71. The molecule has 2 aromatic rings. The summed E-state index contributed by atoms with van der Waals surface area (Å²) in [5, 5.41) is 3.47. The second-order valence-electron chi connectivity index (χ2n) is 5.88. The summed E-state index contributed by atoms with van der Waals surface area (Å²) in [5.74, 6) is 3.78. The van der Waals surface area contributed by atoms with E-state index in [2.05, 4.69) is 17.2 Å². The minimum absolute atomic E-state index is 0.0843. The van der Waals surface area contributed by atoms with Crippen LogP contribution < -0.4 is 5.32 Å². The Hall–Kier alpha value is -2.15. The summed E-state index contributed by atoms with van der Waals surface area (Å²) in [6.07, 6.45) is 4.29. The highest BCUT2D eigenvalue weighted by atomic mass is 32.2. The molecule has 132 valence electrons. The van der Waals surface area contributed by atoms with Gasteiger partial charge in [-0.25, -0.2) is 9.97 Å². The number of nitrogens with one attached hydrogen (secondary N) is 1. The number of nitrogens with zero attached hydrogens (tertiary/aromatic N) is 4. The maximum Gasteiger partial charge on any atom is 0.219 e. The normalized spacial score (nSPS) is 13.4. The number of carbonyl (C=O) groups excluding carboxylic acids is 1. The van der Waals surface area contributed by atoms with Crippen molar-refractivity contribution in [2.75, 3.05) is 29.9 Å². The number of amides is 1. The van der Waals surface area contributed by atoms with Gasteiger partial charge in [0.15, 0.2) is 5.82 Å².